The van der Waals surface area contributed by atoms with Gasteiger partial charge in [-0.1, -0.05) is 34.6 Å². The monoisotopic (exact) mass is 525 g/mol. The Hall–Kier alpha value is -1.64. The van der Waals surface area contributed by atoms with Gasteiger partial charge in [0.15, 0.2) is 9.76 Å². The van der Waals surface area contributed by atoms with Gasteiger partial charge in [0.1, 0.15) is 11.3 Å². The molecular formula is C24H36BrNO5Si. The third-order valence-corrected chi connectivity index (χ3v) is 7.70. The third-order valence-electron chi connectivity index (χ3n) is 5.32. The molecule has 1 heterocycles. The van der Waals surface area contributed by atoms with E-state index in [-0.39, 0.29) is 34.6 Å². The number of carbonyl (C=O) groups excluding carboxylic acids is 1. The van der Waals surface area contributed by atoms with Gasteiger partial charge in [0.2, 0.25) is 5.43 Å². The zero-order valence-electron chi connectivity index (χ0n) is 20.7. The van der Waals surface area contributed by atoms with Crippen molar-refractivity contribution in [1.82, 2.24) is 4.57 Å². The summed E-state index contributed by atoms with van der Waals surface area (Å²) in [6.07, 6.45) is 1.63. The molecule has 0 aliphatic carbocycles. The minimum atomic E-state index is -0.844. The van der Waals surface area contributed by atoms with Crippen LogP contribution in [0.5, 0.6) is 5.75 Å². The molecule has 178 valence electrons. The quantitative estimate of drug-likeness (QED) is 0.348. The fraction of sp³-hybridized carbons (Fsp3) is 0.583. The maximum Gasteiger partial charge on any atom is 0.343 e. The molecule has 0 aliphatic heterocycles. The van der Waals surface area contributed by atoms with Crippen molar-refractivity contribution in [1.29, 1.82) is 0 Å². The topological polar surface area (TPSA) is 66.8 Å². The van der Waals surface area contributed by atoms with E-state index >= 15 is 0 Å². The summed E-state index contributed by atoms with van der Waals surface area (Å²) in [6.45, 7) is 16.9. The third kappa shape index (κ3) is 5.83. The van der Waals surface area contributed by atoms with Crippen molar-refractivity contribution in [2.24, 2.45) is 5.92 Å². The second-order valence-electron chi connectivity index (χ2n) is 10.1. The van der Waals surface area contributed by atoms with Gasteiger partial charge in [-0.2, -0.15) is 0 Å². The number of pyridine rings is 1. The number of ether oxygens (including phenoxy) is 2. The minimum Gasteiger partial charge on any atom is -0.495 e. The molecule has 0 aliphatic rings. The summed E-state index contributed by atoms with van der Waals surface area (Å²) >= 11 is 3.47. The highest BCUT2D eigenvalue weighted by atomic mass is 79.9. The lowest BCUT2D eigenvalue weighted by Crippen LogP contribution is -2.42. The Labute approximate surface area is 201 Å². The van der Waals surface area contributed by atoms with E-state index in [4.69, 9.17) is 13.9 Å². The molecule has 0 unspecified atom stereocenters. The molecule has 0 fully saturated rings. The van der Waals surface area contributed by atoms with Crippen LogP contribution in [0.2, 0.25) is 5.04 Å². The second kappa shape index (κ2) is 10.1. The molecule has 0 spiro atoms. The molecule has 0 amide bonds. The summed E-state index contributed by atoms with van der Waals surface area (Å²) in [6, 6.07) is 3.41. The summed E-state index contributed by atoms with van der Waals surface area (Å²) in [5.41, 5.74) is -0.174. The molecule has 0 N–H and O–H groups in total. The summed E-state index contributed by atoms with van der Waals surface area (Å²) < 4.78 is 19.9. The van der Waals surface area contributed by atoms with E-state index in [1.54, 1.807) is 26.3 Å². The van der Waals surface area contributed by atoms with Gasteiger partial charge in [-0.15, -0.1) is 0 Å². The van der Waals surface area contributed by atoms with Gasteiger partial charge in [0, 0.05) is 17.6 Å². The largest absolute Gasteiger partial charge is 0.495 e. The molecule has 6 nitrogen and oxygen atoms in total. The first-order chi connectivity index (χ1) is 14.7. The number of hydrogen-bond donors (Lipinski definition) is 0. The van der Waals surface area contributed by atoms with Gasteiger partial charge in [0.05, 0.1) is 35.3 Å². The zero-order chi connectivity index (χ0) is 24.4. The summed E-state index contributed by atoms with van der Waals surface area (Å²) in [5.74, 6) is 0.152. The van der Waals surface area contributed by atoms with Crippen molar-refractivity contribution in [3.05, 3.63) is 38.6 Å². The standard InChI is InChI=1S/C24H36BrNO5Si/c1-10-30-22(28)16-13-26(18-12-19(29-9)17(25)11-15(18)20(16)27)21(14(2)3)24(7,8)31-32-23(4,5)6/h11-14,21H,10,32H2,1-9H3/t21-/m0/s1. The van der Waals surface area contributed by atoms with Crippen molar-refractivity contribution >= 4 is 42.6 Å². The number of benzene rings is 1. The molecule has 2 aromatic rings. The van der Waals surface area contributed by atoms with Crippen LogP contribution in [-0.4, -0.2) is 39.6 Å². The Bertz CT molecular complexity index is 1040. The number of hydrogen-bond acceptors (Lipinski definition) is 5. The fourth-order valence-corrected chi connectivity index (χ4v) is 5.52. The number of rotatable bonds is 8. The van der Waals surface area contributed by atoms with E-state index < -0.39 is 21.3 Å². The molecule has 0 radical (unpaired) electrons. The lowest BCUT2D eigenvalue weighted by Gasteiger charge is -2.41. The van der Waals surface area contributed by atoms with Crippen LogP contribution in [0.25, 0.3) is 10.9 Å². The summed E-state index contributed by atoms with van der Waals surface area (Å²) in [5, 5.41) is 0.562. The van der Waals surface area contributed by atoms with Gasteiger partial charge in [-0.05, 0) is 53.7 Å². The van der Waals surface area contributed by atoms with Crippen LogP contribution in [0.3, 0.4) is 0 Å². The first kappa shape index (κ1) is 26.6. The number of fused-ring (bicyclic) bond motifs is 1. The molecule has 8 heteroatoms. The molecule has 1 aromatic carbocycles. The molecular weight excluding hydrogens is 490 g/mol. The van der Waals surface area contributed by atoms with Crippen LogP contribution in [-0.2, 0) is 9.16 Å². The van der Waals surface area contributed by atoms with Crippen LogP contribution >= 0.6 is 15.9 Å². The Morgan fingerprint density at radius 3 is 2.31 bits per heavy atom. The highest BCUT2D eigenvalue weighted by Gasteiger charge is 2.36. The second-order valence-corrected chi connectivity index (χ2v) is 13.7. The van der Waals surface area contributed by atoms with Crippen LogP contribution in [0.15, 0.2) is 27.6 Å². The maximum atomic E-state index is 13.2. The Morgan fingerprint density at radius 2 is 1.81 bits per heavy atom. The number of aromatic nitrogens is 1. The van der Waals surface area contributed by atoms with Gasteiger partial charge in [-0.3, -0.25) is 4.79 Å². The van der Waals surface area contributed by atoms with E-state index in [2.05, 4.69) is 64.4 Å². The zero-order valence-corrected chi connectivity index (χ0v) is 23.7. The predicted octanol–water partition coefficient (Wildman–Crippen LogP) is 5.24. The van der Waals surface area contributed by atoms with Crippen molar-refractivity contribution in [3.63, 3.8) is 0 Å². The Morgan fingerprint density at radius 1 is 1.19 bits per heavy atom. The number of carbonyl (C=O) groups is 1. The summed E-state index contributed by atoms with van der Waals surface area (Å²) in [7, 11) is 0.742. The SMILES string of the molecule is CCOC(=O)c1cn([C@@H](C(C)C)C(C)(C)O[SiH2]C(C)(C)C)c2cc(OC)c(Br)cc2c1=O. The van der Waals surface area contributed by atoms with Crippen LogP contribution < -0.4 is 10.2 Å². The molecule has 1 aromatic heterocycles. The fourth-order valence-electron chi connectivity index (χ4n) is 4.04. The van der Waals surface area contributed by atoms with E-state index in [9.17, 15) is 9.59 Å². The lowest BCUT2D eigenvalue weighted by atomic mass is 9.88. The van der Waals surface area contributed by atoms with Crippen molar-refractivity contribution in [2.45, 2.75) is 72.1 Å². The molecule has 0 bridgehead atoms. The summed E-state index contributed by atoms with van der Waals surface area (Å²) in [4.78, 5) is 25.9. The minimum absolute atomic E-state index is 0.0194. The average Bonchev–Trinajstić information content (AvgIpc) is 2.67. The van der Waals surface area contributed by atoms with Crippen LogP contribution in [0, 0.1) is 5.92 Å². The van der Waals surface area contributed by atoms with E-state index in [0.29, 0.717) is 21.1 Å². The van der Waals surface area contributed by atoms with E-state index in [0.717, 1.165) is 0 Å². The number of halogens is 1. The number of methoxy groups -OCH3 is 1. The van der Waals surface area contributed by atoms with Gasteiger partial charge in [-0.25, -0.2) is 4.79 Å². The van der Waals surface area contributed by atoms with E-state index in [1.807, 2.05) is 10.6 Å². The highest BCUT2D eigenvalue weighted by Crippen LogP contribution is 2.38. The van der Waals surface area contributed by atoms with Crippen molar-refractivity contribution < 1.29 is 18.7 Å². The Kier molecular flexibility index (Phi) is 8.39. The van der Waals surface area contributed by atoms with Crippen molar-refractivity contribution in [3.8, 4) is 5.75 Å². The maximum absolute atomic E-state index is 13.2. The van der Waals surface area contributed by atoms with Crippen molar-refractivity contribution in [2.75, 3.05) is 13.7 Å². The highest BCUT2D eigenvalue weighted by molar-refractivity contribution is 9.10. The molecule has 0 saturated heterocycles. The molecule has 32 heavy (non-hydrogen) atoms. The number of esters is 1. The normalized spacial score (nSPS) is 13.8. The lowest BCUT2D eigenvalue weighted by molar-refractivity contribution is 0.0287. The average molecular weight is 527 g/mol. The van der Waals surface area contributed by atoms with Gasteiger partial charge in [0.25, 0.3) is 0 Å². The van der Waals surface area contributed by atoms with E-state index in [1.165, 1.54) is 0 Å². The van der Waals surface area contributed by atoms with Crippen LogP contribution in [0.4, 0.5) is 0 Å². The van der Waals surface area contributed by atoms with Gasteiger partial charge >= 0.3 is 5.97 Å². The van der Waals surface area contributed by atoms with Gasteiger partial charge < -0.3 is 18.5 Å². The first-order valence-corrected chi connectivity index (χ1v) is 13.0. The smallest absolute Gasteiger partial charge is 0.343 e. The molecule has 1 atom stereocenters. The predicted molar refractivity (Wildman–Crippen MR) is 136 cm³/mol. The number of nitrogens with zero attached hydrogens (tertiary/aromatic N) is 1. The van der Waals surface area contributed by atoms with Crippen LogP contribution in [0.1, 0.15) is 71.8 Å². The first-order valence-electron chi connectivity index (χ1n) is 11.0. The Balaban J connectivity index is 2.86. The molecule has 0 saturated carbocycles. The molecule has 2 rings (SSSR count).